The lowest BCUT2D eigenvalue weighted by Gasteiger charge is -2.20. The van der Waals surface area contributed by atoms with Gasteiger partial charge in [0.2, 0.25) is 6.43 Å². The minimum absolute atomic E-state index is 0.0452. The van der Waals surface area contributed by atoms with Crippen LogP contribution in [0.1, 0.15) is 25.3 Å². The topological polar surface area (TPSA) is 0 Å². The molecule has 1 unspecified atom stereocenters. The maximum absolute atomic E-state index is 12.7. The Labute approximate surface area is 91.5 Å². The zero-order valence-electron chi connectivity index (χ0n) is 8.18. The van der Waals surface area contributed by atoms with Gasteiger partial charge in [-0.3, -0.25) is 0 Å². The Bertz CT molecular complexity index is 272. The Kier molecular flexibility index (Phi) is 4.05. The molecule has 14 heavy (non-hydrogen) atoms. The first-order valence-electron chi connectivity index (χ1n) is 4.56. The average Bonchev–Trinajstić information content (AvgIpc) is 2.07. The second-order valence-electron chi connectivity index (χ2n) is 3.66. The van der Waals surface area contributed by atoms with E-state index in [1.54, 1.807) is 24.3 Å². The van der Waals surface area contributed by atoms with Crippen LogP contribution < -0.4 is 0 Å². The molecule has 0 spiro atoms. The van der Waals surface area contributed by atoms with Gasteiger partial charge in [0.05, 0.1) is 0 Å². The van der Waals surface area contributed by atoms with E-state index in [2.05, 4.69) is 15.9 Å². The first-order chi connectivity index (χ1) is 6.52. The van der Waals surface area contributed by atoms with E-state index in [1.807, 2.05) is 13.8 Å². The van der Waals surface area contributed by atoms with Crippen molar-refractivity contribution >= 4 is 15.9 Å². The normalized spacial score (nSPS) is 13.6. The van der Waals surface area contributed by atoms with Crippen molar-refractivity contribution in [2.24, 2.45) is 5.92 Å². The van der Waals surface area contributed by atoms with Crippen molar-refractivity contribution in [3.8, 4) is 0 Å². The number of hydrogen-bond donors (Lipinski definition) is 0. The lowest BCUT2D eigenvalue weighted by Crippen LogP contribution is -2.15. The third-order valence-electron chi connectivity index (χ3n) is 2.24. The molecular weight excluding hydrogens is 250 g/mol. The van der Waals surface area contributed by atoms with E-state index in [4.69, 9.17) is 0 Å². The molecule has 0 amide bonds. The number of alkyl halides is 2. The van der Waals surface area contributed by atoms with E-state index < -0.39 is 12.3 Å². The van der Waals surface area contributed by atoms with Crippen LogP contribution in [-0.4, -0.2) is 6.43 Å². The summed E-state index contributed by atoms with van der Waals surface area (Å²) in [6, 6.07) is 7.10. The van der Waals surface area contributed by atoms with Crippen molar-refractivity contribution in [3.05, 3.63) is 34.3 Å². The van der Waals surface area contributed by atoms with Crippen LogP contribution in [0.3, 0.4) is 0 Å². The molecule has 0 aliphatic rings. The molecule has 0 aliphatic carbocycles. The molecule has 3 heteroatoms. The number of rotatable bonds is 3. The molecule has 1 rings (SSSR count). The fourth-order valence-electron chi connectivity index (χ4n) is 1.51. The molecule has 0 saturated heterocycles. The highest BCUT2D eigenvalue weighted by Gasteiger charge is 2.25. The van der Waals surface area contributed by atoms with Gasteiger partial charge in [0, 0.05) is 10.4 Å². The summed E-state index contributed by atoms with van der Waals surface area (Å²) in [6.07, 6.45) is -2.30. The van der Waals surface area contributed by atoms with Gasteiger partial charge in [0.1, 0.15) is 0 Å². The second-order valence-corrected chi connectivity index (χ2v) is 4.57. The Hall–Kier alpha value is -0.440. The van der Waals surface area contributed by atoms with Gasteiger partial charge in [-0.25, -0.2) is 8.78 Å². The average molecular weight is 263 g/mol. The molecular formula is C11H13BrF2. The highest BCUT2D eigenvalue weighted by molar-refractivity contribution is 9.10. The number of benzene rings is 1. The summed E-state index contributed by atoms with van der Waals surface area (Å²) < 4.78 is 26.4. The van der Waals surface area contributed by atoms with Crippen molar-refractivity contribution in [1.82, 2.24) is 0 Å². The van der Waals surface area contributed by atoms with E-state index in [9.17, 15) is 8.78 Å². The van der Waals surface area contributed by atoms with Crippen molar-refractivity contribution in [1.29, 1.82) is 0 Å². The van der Waals surface area contributed by atoms with E-state index in [0.717, 1.165) is 4.47 Å². The molecule has 0 nitrogen and oxygen atoms in total. The fraction of sp³-hybridized carbons (Fsp3) is 0.455. The Morgan fingerprint density at radius 1 is 1.07 bits per heavy atom. The SMILES string of the molecule is CC(C)C(c1ccc(Br)cc1)C(F)F. The van der Waals surface area contributed by atoms with Gasteiger partial charge >= 0.3 is 0 Å². The first kappa shape index (κ1) is 11.6. The lowest BCUT2D eigenvalue weighted by molar-refractivity contribution is 0.0934. The third-order valence-corrected chi connectivity index (χ3v) is 2.77. The van der Waals surface area contributed by atoms with Crippen LogP contribution >= 0.6 is 15.9 Å². The van der Waals surface area contributed by atoms with Gasteiger partial charge in [-0.05, 0) is 23.6 Å². The van der Waals surface area contributed by atoms with Crippen molar-refractivity contribution in [2.45, 2.75) is 26.2 Å². The van der Waals surface area contributed by atoms with E-state index in [-0.39, 0.29) is 5.92 Å². The quantitative estimate of drug-likeness (QED) is 0.755. The van der Waals surface area contributed by atoms with Crippen LogP contribution in [0.2, 0.25) is 0 Å². The summed E-state index contributed by atoms with van der Waals surface area (Å²) in [5.74, 6) is -0.709. The molecule has 0 aromatic heterocycles. The number of hydrogen-bond acceptors (Lipinski definition) is 0. The van der Waals surface area contributed by atoms with Gasteiger partial charge in [-0.15, -0.1) is 0 Å². The van der Waals surface area contributed by atoms with Gasteiger partial charge in [-0.1, -0.05) is 41.9 Å². The molecule has 1 atom stereocenters. The summed E-state index contributed by atoms with van der Waals surface area (Å²) in [7, 11) is 0. The first-order valence-corrected chi connectivity index (χ1v) is 5.35. The van der Waals surface area contributed by atoms with E-state index >= 15 is 0 Å². The number of halogens is 3. The minimum atomic E-state index is -2.30. The second kappa shape index (κ2) is 4.87. The van der Waals surface area contributed by atoms with Crippen LogP contribution in [0.25, 0.3) is 0 Å². The summed E-state index contributed by atoms with van der Waals surface area (Å²) >= 11 is 3.28. The van der Waals surface area contributed by atoms with Crippen molar-refractivity contribution < 1.29 is 8.78 Å². The summed E-state index contributed by atoms with van der Waals surface area (Å²) in [5, 5.41) is 0. The van der Waals surface area contributed by atoms with Crippen LogP contribution in [0, 0.1) is 5.92 Å². The molecule has 1 aromatic rings. The van der Waals surface area contributed by atoms with Gasteiger partial charge < -0.3 is 0 Å². The van der Waals surface area contributed by atoms with Crippen molar-refractivity contribution in [3.63, 3.8) is 0 Å². The van der Waals surface area contributed by atoms with Crippen LogP contribution in [0.5, 0.6) is 0 Å². The maximum Gasteiger partial charge on any atom is 0.245 e. The predicted molar refractivity (Wildman–Crippen MR) is 57.7 cm³/mol. The van der Waals surface area contributed by atoms with Gasteiger partial charge in [0.15, 0.2) is 0 Å². The molecule has 0 N–H and O–H groups in total. The summed E-state index contributed by atoms with van der Waals surface area (Å²) in [5.41, 5.74) is 0.707. The molecule has 78 valence electrons. The van der Waals surface area contributed by atoms with Gasteiger partial charge in [0.25, 0.3) is 0 Å². The van der Waals surface area contributed by atoms with Crippen molar-refractivity contribution in [2.75, 3.05) is 0 Å². The maximum atomic E-state index is 12.7. The largest absolute Gasteiger partial charge is 0.245 e. The van der Waals surface area contributed by atoms with E-state index in [0.29, 0.717) is 5.56 Å². The molecule has 0 saturated carbocycles. The zero-order chi connectivity index (χ0) is 10.7. The molecule has 0 aliphatic heterocycles. The van der Waals surface area contributed by atoms with Crippen LogP contribution in [0.4, 0.5) is 8.78 Å². The van der Waals surface area contributed by atoms with E-state index in [1.165, 1.54) is 0 Å². The molecule has 1 aromatic carbocycles. The van der Waals surface area contributed by atoms with Crippen LogP contribution in [0.15, 0.2) is 28.7 Å². The van der Waals surface area contributed by atoms with Gasteiger partial charge in [-0.2, -0.15) is 0 Å². The lowest BCUT2D eigenvalue weighted by atomic mass is 9.89. The Balaban J connectivity index is 2.94. The Morgan fingerprint density at radius 3 is 1.93 bits per heavy atom. The minimum Gasteiger partial charge on any atom is -0.210 e. The van der Waals surface area contributed by atoms with Crippen LogP contribution in [-0.2, 0) is 0 Å². The molecule has 0 bridgehead atoms. The standard InChI is InChI=1S/C11H13BrF2/c1-7(2)10(11(13)14)8-3-5-9(12)6-4-8/h3-7,10-11H,1-2H3. The highest BCUT2D eigenvalue weighted by atomic mass is 79.9. The molecule has 0 heterocycles. The Morgan fingerprint density at radius 2 is 1.57 bits per heavy atom. The molecule has 0 fully saturated rings. The highest BCUT2D eigenvalue weighted by Crippen LogP contribution is 2.31. The summed E-state index contributed by atoms with van der Waals surface area (Å²) in [4.78, 5) is 0. The summed E-state index contributed by atoms with van der Waals surface area (Å²) in [6.45, 7) is 3.64. The fourth-order valence-corrected chi connectivity index (χ4v) is 1.77. The zero-order valence-corrected chi connectivity index (χ0v) is 9.76. The molecule has 0 radical (unpaired) electrons. The third kappa shape index (κ3) is 2.77. The predicted octanol–water partition coefficient (Wildman–Crippen LogP) is 4.45. The monoisotopic (exact) mass is 262 g/mol. The smallest absolute Gasteiger partial charge is 0.210 e.